The molecule has 4 heteroatoms. The first kappa shape index (κ1) is 13.5. The maximum Gasteiger partial charge on any atom is 0.228 e. The summed E-state index contributed by atoms with van der Waals surface area (Å²) in [5, 5.41) is 3.03. The molecule has 0 aromatic carbocycles. The predicted molar refractivity (Wildman–Crippen MR) is 74.7 cm³/mol. The van der Waals surface area contributed by atoms with E-state index in [1.807, 2.05) is 24.3 Å². The van der Waals surface area contributed by atoms with E-state index >= 15 is 0 Å². The number of carbonyl (C=O) groups excluding carboxylic acids is 1. The topological polar surface area (TPSA) is 33.2 Å². The number of amides is 1. The molecule has 1 aromatic heterocycles. The molecule has 0 bridgehead atoms. The zero-order valence-corrected chi connectivity index (χ0v) is 12.3. The Bertz CT molecular complexity index is 416. The molecule has 3 nitrogen and oxygen atoms in total. The summed E-state index contributed by atoms with van der Waals surface area (Å²) >= 11 is 1.61. The number of aryl methyl sites for hydroxylation is 1. The second-order valence-corrected chi connectivity index (χ2v) is 6.43. The maximum absolute atomic E-state index is 12.3. The van der Waals surface area contributed by atoms with Gasteiger partial charge in [0.05, 0.1) is 17.1 Å². The first-order valence-electron chi connectivity index (χ1n) is 6.74. The molecule has 1 heterocycles. The lowest BCUT2D eigenvalue weighted by Gasteiger charge is -2.36. The number of hydrogen-bond acceptors (Lipinski definition) is 3. The molecule has 1 fully saturated rings. The molecule has 2 atom stereocenters. The molecular formula is C14H22N2OS. The monoisotopic (exact) mass is 266 g/mol. The molecule has 0 saturated heterocycles. The number of aromatic nitrogens is 1. The molecule has 2 rings (SSSR count). The quantitative estimate of drug-likeness (QED) is 0.842. The lowest BCUT2D eigenvalue weighted by Crippen LogP contribution is -2.43. The molecule has 0 N–H and O–H groups in total. The van der Waals surface area contributed by atoms with E-state index in [4.69, 9.17) is 0 Å². The van der Waals surface area contributed by atoms with E-state index < -0.39 is 0 Å². The Hall–Kier alpha value is -0.900. The fourth-order valence-corrected chi connectivity index (χ4v) is 3.44. The lowest BCUT2D eigenvalue weighted by molar-refractivity contribution is -0.132. The van der Waals surface area contributed by atoms with Gasteiger partial charge in [-0.2, -0.15) is 0 Å². The molecule has 18 heavy (non-hydrogen) atoms. The second-order valence-electron chi connectivity index (χ2n) is 5.37. The van der Waals surface area contributed by atoms with Crippen molar-refractivity contribution in [1.29, 1.82) is 0 Å². The standard InChI is InChI=1S/C14H22N2OS/c1-10-6-4-5-7-13(10)16(3)14(17)8-12-9-18-11(2)15-12/h9-10,13H,4-8H2,1-3H3/t10-,13-/m0/s1. The van der Waals surface area contributed by atoms with Gasteiger partial charge in [-0.1, -0.05) is 19.8 Å². The van der Waals surface area contributed by atoms with E-state index in [0.29, 0.717) is 18.4 Å². The van der Waals surface area contributed by atoms with Gasteiger partial charge in [-0.15, -0.1) is 11.3 Å². The van der Waals surface area contributed by atoms with Crippen molar-refractivity contribution in [1.82, 2.24) is 9.88 Å². The Kier molecular flexibility index (Phi) is 4.38. The Labute approximate surface area is 113 Å². The van der Waals surface area contributed by atoms with E-state index in [9.17, 15) is 4.79 Å². The van der Waals surface area contributed by atoms with Gasteiger partial charge in [-0.25, -0.2) is 4.98 Å². The summed E-state index contributed by atoms with van der Waals surface area (Å²) < 4.78 is 0. The van der Waals surface area contributed by atoms with Crippen molar-refractivity contribution in [3.63, 3.8) is 0 Å². The summed E-state index contributed by atoms with van der Waals surface area (Å²) in [6, 6.07) is 0.422. The lowest BCUT2D eigenvalue weighted by atomic mass is 9.85. The van der Waals surface area contributed by atoms with Crippen molar-refractivity contribution in [2.75, 3.05) is 7.05 Å². The van der Waals surface area contributed by atoms with Crippen LogP contribution in [0.25, 0.3) is 0 Å². The van der Waals surface area contributed by atoms with Crippen molar-refractivity contribution in [2.45, 2.75) is 52.0 Å². The average Bonchev–Trinajstić information content (AvgIpc) is 2.74. The van der Waals surface area contributed by atoms with Gasteiger partial charge < -0.3 is 4.90 Å². The van der Waals surface area contributed by atoms with Gasteiger partial charge in [0.15, 0.2) is 0 Å². The van der Waals surface area contributed by atoms with Gasteiger partial charge in [0, 0.05) is 18.5 Å². The van der Waals surface area contributed by atoms with Crippen molar-refractivity contribution in [2.24, 2.45) is 5.92 Å². The van der Waals surface area contributed by atoms with Crippen LogP contribution in [0.3, 0.4) is 0 Å². The molecule has 0 aliphatic heterocycles. The van der Waals surface area contributed by atoms with Crippen LogP contribution in [-0.4, -0.2) is 28.9 Å². The number of hydrogen-bond donors (Lipinski definition) is 0. The minimum absolute atomic E-state index is 0.207. The third kappa shape index (κ3) is 3.10. The summed E-state index contributed by atoms with van der Waals surface area (Å²) in [5.41, 5.74) is 0.915. The Morgan fingerprint density at radius 2 is 2.22 bits per heavy atom. The summed E-state index contributed by atoms with van der Waals surface area (Å²) in [4.78, 5) is 18.6. The van der Waals surface area contributed by atoms with Crippen LogP contribution < -0.4 is 0 Å². The second kappa shape index (κ2) is 5.83. The largest absolute Gasteiger partial charge is 0.342 e. The molecule has 1 aliphatic carbocycles. The SMILES string of the molecule is Cc1nc(CC(=O)N(C)[C@H]2CCCC[C@@H]2C)cs1. The third-order valence-corrected chi connectivity index (χ3v) is 4.78. The van der Waals surface area contributed by atoms with E-state index in [-0.39, 0.29) is 5.91 Å². The molecule has 1 saturated carbocycles. The van der Waals surface area contributed by atoms with Gasteiger partial charge >= 0.3 is 0 Å². The number of likely N-dealkylation sites (N-methyl/N-ethyl adjacent to an activating group) is 1. The zero-order valence-electron chi connectivity index (χ0n) is 11.5. The fraction of sp³-hybridized carbons (Fsp3) is 0.714. The van der Waals surface area contributed by atoms with E-state index in [1.165, 1.54) is 19.3 Å². The molecule has 1 aliphatic rings. The highest BCUT2D eigenvalue weighted by atomic mass is 32.1. The molecular weight excluding hydrogens is 244 g/mol. The smallest absolute Gasteiger partial charge is 0.228 e. The first-order valence-corrected chi connectivity index (χ1v) is 7.62. The Morgan fingerprint density at radius 1 is 1.50 bits per heavy atom. The summed E-state index contributed by atoms with van der Waals surface area (Å²) in [6.07, 6.45) is 5.41. The highest BCUT2D eigenvalue weighted by molar-refractivity contribution is 7.09. The maximum atomic E-state index is 12.3. The number of thiazole rings is 1. The molecule has 100 valence electrons. The van der Waals surface area contributed by atoms with Gasteiger partial charge in [0.2, 0.25) is 5.91 Å². The fourth-order valence-electron chi connectivity index (χ4n) is 2.83. The summed E-state index contributed by atoms with van der Waals surface area (Å²) in [7, 11) is 1.95. The van der Waals surface area contributed by atoms with Crippen LogP contribution in [0.5, 0.6) is 0 Å². The minimum atomic E-state index is 0.207. The van der Waals surface area contributed by atoms with Crippen molar-refractivity contribution < 1.29 is 4.79 Å². The van der Waals surface area contributed by atoms with Crippen LogP contribution >= 0.6 is 11.3 Å². The molecule has 0 radical (unpaired) electrons. The number of nitrogens with zero attached hydrogens (tertiary/aromatic N) is 2. The van der Waals surface area contributed by atoms with Crippen LogP contribution in [0.15, 0.2) is 5.38 Å². The molecule has 0 unspecified atom stereocenters. The minimum Gasteiger partial charge on any atom is -0.342 e. The van der Waals surface area contributed by atoms with E-state index in [0.717, 1.165) is 17.1 Å². The molecule has 1 aromatic rings. The van der Waals surface area contributed by atoms with E-state index in [1.54, 1.807) is 11.3 Å². The Balaban J connectivity index is 1.95. The van der Waals surface area contributed by atoms with Gasteiger partial charge in [0.1, 0.15) is 0 Å². The summed E-state index contributed by atoms with van der Waals surface area (Å²) in [5.74, 6) is 0.837. The van der Waals surface area contributed by atoms with Crippen LogP contribution in [0.2, 0.25) is 0 Å². The zero-order chi connectivity index (χ0) is 13.1. The highest BCUT2D eigenvalue weighted by Gasteiger charge is 2.27. The van der Waals surface area contributed by atoms with Crippen molar-refractivity contribution in [3.8, 4) is 0 Å². The Morgan fingerprint density at radius 3 is 2.83 bits per heavy atom. The first-order chi connectivity index (χ1) is 8.58. The number of carbonyl (C=O) groups is 1. The average molecular weight is 266 g/mol. The normalized spacial score (nSPS) is 23.9. The van der Waals surface area contributed by atoms with Gasteiger partial charge in [-0.3, -0.25) is 4.79 Å². The third-order valence-electron chi connectivity index (χ3n) is 3.96. The van der Waals surface area contributed by atoms with Crippen LogP contribution in [0.1, 0.15) is 43.3 Å². The van der Waals surface area contributed by atoms with Gasteiger partial charge in [0.25, 0.3) is 0 Å². The van der Waals surface area contributed by atoms with Crippen molar-refractivity contribution in [3.05, 3.63) is 16.1 Å². The van der Waals surface area contributed by atoms with E-state index in [2.05, 4.69) is 11.9 Å². The molecule has 1 amide bonds. The van der Waals surface area contributed by atoms with Crippen LogP contribution in [0, 0.1) is 12.8 Å². The predicted octanol–water partition coefficient (Wildman–Crippen LogP) is 3.03. The molecule has 0 spiro atoms. The van der Waals surface area contributed by atoms with Gasteiger partial charge in [-0.05, 0) is 25.7 Å². The van der Waals surface area contributed by atoms with Crippen molar-refractivity contribution >= 4 is 17.2 Å². The number of rotatable bonds is 3. The highest BCUT2D eigenvalue weighted by Crippen LogP contribution is 2.27. The van der Waals surface area contributed by atoms with Crippen LogP contribution in [-0.2, 0) is 11.2 Å². The summed E-state index contributed by atoms with van der Waals surface area (Å²) in [6.45, 7) is 4.24. The van der Waals surface area contributed by atoms with Crippen LogP contribution in [0.4, 0.5) is 0 Å².